The molecule has 0 spiro atoms. The molecule has 2 aromatic carbocycles. The van der Waals surface area contributed by atoms with Gasteiger partial charge in [0.05, 0.1) is 0 Å². The Morgan fingerprint density at radius 1 is 0.650 bits per heavy atom. The van der Waals surface area contributed by atoms with Crippen molar-refractivity contribution in [2.45, 2.75) is 129 Å². The van der Waals surface area contributed by atoms with E-state index in [4.69, 9.17) is 4.74 Å². The number of esters is 1. The van der Waals surface area contributed by atoms with E-state index in [1.807, 2.05) is 12.1 Å². The number of hydrogen-bond acceptors (Lipinski definition) is 5. The highest BCUT2D eigenvalue weighted by Crippen LogP contribution is 2.44. The third-order valence-electron chi connectivity index (χ3n) is 9.31. The second kappa shape index (κ2) is 11.4. The number of hydrogen-bond donors (Lipinski definition) is 0. The Labute approximate surface area is 242 Å². The van der Waals surface area contributed by atoms with Crippen molar-refractivity contribution in [1.29, 1.82) is 0 Å². The molecular weight excluding hydrogens is 496 g/mol. The first-order chi connectivity index (χ1) is 18.6. The summed E-state index contributed by atoms with van der Waals surface area (Å²) < 4.78 is 6.03. The molecule has 0 unspecified atom stereocenters. The maximum absolute atomic E-state index is 13.5. The van der Waals surface area contributed by atoms with Crippen LogP contribution < -0.4 is 0 Å². The van der Waals surface area contributed by atoms with E-state index in [1.165, 1.54) is 11.1 Å². The number of carbonyl (C=O) groups is 2. The van der Waals surface area contributed by atoms with E-state index in [0.717, 1.165) is 38.8 Å². The van der Waals surface area contributed by atoms with Crippen molar-refractivity contribution >= 4 is 11.8 Å². The SMILES string of the molecule is CC1(C)CC(OC(=O)CC(=O)C2CC(C)(C)N(Cc3ccccc3)C(C)(C)C2)CC(C)(C)N1Cc1ccccc1. The summed E-state index contributed by atoms with van der Waals surface area (Å²) in [4.78, 5) is 31.6. The van der Waals surface area contributed by atoms with Crippen LogP contribution in [-0.2, 0) is 27.4 Å². The number of rotatable bonds is 8. The molecule has 0 aromatic heterocycles. The molecule has 2 heterocycles. The summed E-state index contributed by atoms with van der Waals surface area (Å²) in [5, 5.41) is 0. The molecule has 4 rings (SSSR count). The summed E-state index contributed by atoms with van der Waals surface area (Å²) in [6.45, 7) is 19.5. The predicted octanol–water partition coefficient (Wildman–Crippen LogP) is 7.18. The van der Waals surface area contributed by atoms with E-state index in [0.29, 0.717) is 0 Å². The zero-order valence-electron chi connectivity index (χ0n) is 26.0. The molecule has 2 aromatic rings. The van der Waals surface area contributed by atoms with Gasteiger partial charge in [-0.2, -0.15) is 0 Å². The van der Waals surface area contributed by atoms with Gasteiger partial charge in [0.2, 0.25) is 0 Å². The number of benzene rings is 2. The third-order valence-corrected chi connectivity index (χ3v) is 9.31. The molecule has 218 valence electrons. The van der Waals surface area contributed by atoms with Crippen LogP contribution in [0.4, 0.5) is 0 Å². The van der Waals surface area contributed by atoms with Crippen LogP contribution >= 0.6 is 0 Å². The normalized spacial score (nSPS) is 23.0. The fraction of sp³-hybridized carbons (Fsp3) is 0.600. The van der Waals surface area contributed by atoms with Crippen molar-refractivity contribution in [2.24, 2.45) is 5.92 Å². The van der Waals surface area contributed by atoms with Crippen LogP contribution in [0.1, 0.15) is 98.6 Å². The molecule has 2 fully saturated rings. The third kappa shape index (κ3) is 7.03. The van der Waals surface area contributed by atoms with Crippen LogP contribution in [0.5, 0.6) is 0 Å². The number of ether oxygens (including phenoxy) is 1. The lowest BCUT2D eigenvalue weighted by molar-refractivity contribution is -0.163. The summed E-state index contributed by atoms with van der Waals surface area (Å²) in [7, 11) is 0. The number of carbonyl (C=O) groups excluding carboxylic acids is 2. The molecular formula is C35H50N2O3. The second-order valence-electron chi connectivity index (χ2n) is 14.7. The van der Waals surface area contributed by atoms with Gasteiger partial charge >= 0.3 is 5.97 Å². The van der Waals surface area contributed by atoms with Crippen LogP contribution in [-0.4, -0.2) is 49.8 Å². The molecule has 2 saturated heterocycles. The van der Waals surface area contributed by atoms with Gasteiger partial charge in [-0.25, -0.2) is 0 Å². The van der Waals surface area contributed by atoms with E-state index in [-0.39, 0.29) is 52.4 Å². The first-order valence-electron chi connectivity index (χ1n) is 14.9. The van der Waals surface area contributed by atoms with Crippen molar-refractivity contribution in [3.05, 3.63) is 71.8 Å². The summed E-state index contributed by atoms with van der Waals surface area (Å²) >= 11 is 0. The van der Waals surface area contributed by atoms with E-state index in [9.17, 15) is 9.59 Å². The first-order valence-corrected chi connectivity index (χ1v) is 14.9. The minimum absolute atomic E-state index is 0.0190. The highest BCUT2D eigenvalue weighted by Gasteiger charge is 2.48. The molecule has 5 heteroatoms. The Balaban J connectivity index is 1.36. The van der Waals surface area contributed by atoms with Gasteiger partial charge in [0.15, 0.2) is 0 Å². The first kappa shape index (κ1) is 30.5. The van der Waals surface area contributed by atoms with Crippen molar-refractivity contribution < 1.29 is 14.3 Å². The van der Waals surface area contributed by atoms with Crippen LogP contribution in [0, 0.1) is 5.92 Å². The lowest BCUT2D eigenvalue weighted by Crippen LogP contribution is -2.61. The van der Waals surface area contributed by atoms with Gasteiger partial charge in [-0.1, -0.05) is 60.7 Å². The fourth-order valence-electron chi connectivity index (χ4n) is 7.76. The minimum atomic E-state index is -0.375. The minimum Gasteiger partial charge on any atom is -0.462 e. The molecule has 0 N–H and O–H groups in total. The van der Waals surface area contributed by atoms with Crippen LogP contribution in [0.3, 0.4) is 0 Å². The molecule has 40 heavy (non-hydrogen) atoms. The topological polar surface area (TPSA) is 49.9 Å². The summed E-state index contributed by atoms with van der Waals surface area (Å²) in [6, 6.07) is 21.0. The molecule has 5 nitrogen and oxygen atoms in total. The molecule has 2 aliphatic rings. The molecule has 0 amide bonds. The Kier molecular flexibility index (Phi) is 8.69. The molecule has 0 atom stereocenters. The molecule has 0 saturated carbocycles. The highest BCUT2D eigenvalue weighted by atomic mass is 16.5. The Morgan fingerprint density at radius 3 is 1.43 bits per heavy atom. The average Bonchev–Trinajstić information content (AvgIpc) is 2.84. The number of ketones is 1. The highest BCUT2D eigenvalue weighted by molar-refractivity contribution is 5.97. The number of likely N-dealkylation sites (tertiary alicyclic amines) is 2. The number of piperidine rings is 2. The van der Waals surface area contributed by atoms with Crippen LogP contribution in [0.2, 0.25) is 0 Å². The van der Waals surface area contributed by atoms with Gasteiger partial charge in [-0.05, 0) is 79.4 Å². The lowest BCUT2D eigenvalue weighted by Gasteiger charge is -2.55. The second-order valence-corrected chi connectivity index (χ2v) is 14.7. The average molecular weight is 547 g/mol. The van der Waals surface area contributed by atoms with E-state index in [2.05, 4.69) is 114 Å². The van der Waals surface area contributed by atoms with Gasteiger partial charge in [0, 0.05) is 54.0 Å². The van der Waals surface area contributed by atoms with Crippen molar-refractivity contribution in [3.63, 3.8) is 0 Å². The van der Waals surface area contributed by atoms with Crippen molar-refractivity contribution in [3.8, 4) is 0 Å². The maximum Gasteiger partial charge on any atom is 0.313 e. The quantitative estimate of drug-likeness (QED) is 0.259. The summed E-state index contributed by atoms with van der Waals surface area (Å²) in [5.41, 5.74) is 1.93. The van der Waals surface area contributed by atoms with E-state index >= 15 is 0 Å². The molecule has 0 radical (unpaired) electrons. The Hall–Kier alpha value is -2.50. The zero-order valence-corrected chi connectivity index (χ0v) is 26.0. The van der Waals surface area contributed by atoms with Gasteiger partial charge in [0.25, 0.3) is 0 Å². The van der Waals surface area contributed by atoms with Gasteiger partial charge < -0.3 is 4.74 Å². The monoisotopic (exact) mass is 546 g/mol. The Morgan fingerprint density at radius 2 is 1.02 bits per heavy atom. The van der Waals surface area contributed by atoms with Gasteiger partial charge in [-0.15, -0.1) is 0 Å². The molecule has 2 aliphatic heterocycles. The maximum atomic E-state index is 13.5. The fourth-order valence-corrected chi connectivity index (χ4v) is 7.76. The zero-order chi connectivity index (χ0) is 29.3. The Bertz CT molecular complexity index is 1130. The predicted molar refractivity (Wildman–Crippen MR) is 162 cm³/mol. The number of Topliss-reactive ketones (excluding diaryl/α,β-unsaturated/α-hetero) is 1. The summed E-state index contributed by atoms with van der Waals surface area (Å²) in [6.07, 6.45) is 2.65. The standard InChI is InChI=1S/C35H50N2O3/c1-32(2)20-28(21-33(3,4)36(32)24-26-15-11-9-12-16-26)30(38)19-31(39)40-29-22-34(5,6)37(35(7,8)23-29)25-27-17-13-10-14-18-27/h9-18,28-29H,19-25H2,1-8H3. The van der Waals surface area contributed by atoms with E-state index in [1.54, 1.807) is 0 Å². The smallest absolute Gasteiger partial charge is 0.313 e. The largest absolute Gasteiger partial charge is 0.462 e. The van der Waals surface area contributed by atoms with Crippen LogP contribution in [0.25, 0.3) is 0 Å². The number of nitrogens with zero attached hydrogens (tertiary/aromatic N) is 2. The van der Waals surface area contributed by atoms with Gasteiger partial charge in [-0.3, -0.25) is 19.4 Å². The summed E-state index contributed by atoms with van der Waals surface area (Å²) in [5.74, 6) is -0.504. The molecule has 0 aliphatic carbocycles. The molecule has 0 bridgehead atoms. The van der Waals surface area contributed by atoms with E-state index < -0.39 is 0 Å². The van der Waals surface area contributed by atoms with Crippen molar-refractivity contribution in [1.82, 2.24) is 9.80 Å². The van der Waals surface area contributed by atoms with Crippen LogP contribution in [0.15, 0.2) is 60.7 Å². The van der Waals surface area contributed by atoms with Gasteiger partial charge in [0.1, 0.15) is 18.3 Å². The lowest BCUT2D eigenvalue weighted by atomic mass is 9.71. The van der Waals surface area contributed by atoms with Crippen molar-refractivity contribution in [2.75, 3.05) is 0 Å².